The number of hydrogen-bond donors (Lipinski definition) is 2. The predicted molar refractivity (Wildman–Crippen MR) is 132 cm³/mol. The van der Waals surface area contributed by atoms with E-state index in [9.17, 15) is 9.59 Å². The molecule has 2 aromatic heterocycles. The minimum atomic E-state index is -0.391. The Kier molecular flexibility index (Phi) is 6.41. The molecule has 0 radical (unpaired) electrons. The van der Waals surface area contributed by atoms with Crippen molar-refractivity contribution in [2.24, 2.45) is 0 Å². The number of nitrogens with zero attached hydrogens (tertiary/aromatic N) is 4. The summed E-state index contributed by atoms with van der Waals surface area (Å²) in [5, 5.41) is 6.56. The Morgan fingerprint density at radius 2 is 2.15 bits per heavy atom. The van der Waals surface area contributed by atoms with E-state index in [1.54, 1.807) is 25.4 Å². The van der Waals surface area contributed by atoms with Crippen molar-refractivity contribution >= 4 is 45.8 Å². The van der Waals surface area contributed by atoms with E-state index in [0.717, 1.165) is 60.0 Å². The second-order valence-electron chi connectivity index (χ2n) is 8.13. The van der Waals surface area contributed by atoms with Gasteiger partial charge in [0.2, 0.25) is 5.95 Å². The number of piperidine rings is 1. The molecule has 1 atom stereocenters. The number of methoxy groups -OCH3 is 1. The molecule has 2 fully saturated rings. The molecule has 2 N–H and O–H groups in total. The normalized spacial score (nSPS) is 19.6. The van der Waals surface area contributed by atoms with E-state index in [-0.39, 0.29) is 11.3 Å². The monoisotopic (exact) mass is 476 g/mol. The molecule has 2 aliphatic heterocycles. The van der Waals surface area contributed by atoms with Crippen molar-refractivity contribution in [2.75, 3.05) is 25.1 Å². The Hall–Kier alpha value is -3.50. The van der Waals surface area contributed by atoms with Crippen molar-refractivity contribution in [1.29, 1.82) is 0 Å². The summed E-state index contributed by atoms with van der Waals surface area (Å²) in [5.74, 6) is 0.995. The number of pyridine rings is 1. The zero-order valence-electron chi connectivity index (χ0n) is 18.7. The maximum Gasteiger partial charge on any atom is 0.290 e. The summed E-state index contributed by atoms with van der Waals surface area (Å²) in [7, 11) is 1.66. The van der Waals surface area contributed by atoms with E-state index in [4.69, 9.17) is 9.72 Å². The van der Waals surface area contributed by atoms with Gasteiger partial charge < -0.3 is 15.0 Å². The summed E-state index contributed by atoms with van der Waals surface area (Å²) in [6.07, 6.45) is 5.36. The molecule has 0 spiro atoms. The number of hydrogen-bond acceptors (Lipinski definition) is 9. The number of anilines is 1. The number of ether oxygens (including phenoxy) is 1. The fraction of sp³-hybridized carbons (Fsp3) is 0.292. The quantitative estimate of drug-likeness (QED) is 0.519. The molecular formula is C24H24N6O3S. The fourth-order valence-corrected chi connectivity index (χ4v) is 4.81. The van der Waals surface area contributed by atoms with Crippen molar-refractivity contribution in [3.8, 4) is 5.75 Å². The molecule has 0 bridgehead atoms. The van der Waals surface area contributed by atoms with Gasteiger partial charge in [-0.15, -0.1) is 0 Å². The minimum Gasteiger partial charge on any atom is -0.494 e. The molecule has 0 aliphatic carbocycles. The van der Waals surface area contributed by atoms with Crippen LogP contribution in [0.25, 0.3) is 17.0 Å². The molecule has 3 aromatic rings. The van der Waals surface area contributed by atoms with Gasteiger partial charge >= 0.3 is 0 Å². The number of carbonyl (C=O) groups is 2. The summed E-state index contributed by atoms with van der Waals surface area (Å²) in [6, 6.07) is 12.0. The maximum absolute atomic E-state index is 11.8. The number of thioether (sulfide) groups is 1. The SMILES string of the molecule is COc1cccc2ccc(CN[C@H]3CCCN(c4nccc(/C=C5\SC(=O)NC5=O)n4)C3)nc12. The van der Waals surface area contributed by atoms with E-state index in [2.05, 4.69) is 31.6 Å². The van der Waals surface area contributed by atoms with E-state index >= 15 is 0 Å². The van der Waals surface area contributed by atoms with Crippen LogP contribution < -0.4 is 20.3 Å². The van der Waals surface area contributed by atoms with Crippen LogP contribution in [0.5, 0.6) is 5.75 Å². The molecule has 34 heavy (non-hydrogen) atoms. The second-order valence-corrected chi connectivity index (χ2v) is 9.15. The smallest absolute Gasteiger partial charge is 0.290 e. The van der Waals surface area contributed by atoms with E-state index < -0.39 is 5.91 Å². The van der Waals surface area contributed by atoms with E-state index in [1.807, 2.05) is 24.3 Å². The highest BCUT2D eigenvalue weighted by Crippen LogP contribution is 2.26. The lowest BCUT2D eigenvalue weighted by Gasteiger charge is -2.33. The van der Waals surface area contributed by atoms with Gasteiger partial charge in [-0.25, -0.2) is 15.0 Å². The van der Waals surface area contributed by atoms with Crippen LogP contribution >= 0.6 is 11.8 Å². The molecule has 10 heteroatoms. The largest absolute Gasteiger partial charge is 0.494 e. The van der Waals surface area contributed by atoms with Crippen molar-refractivity contribution < 1.29 is 14.3 Å². The van der Waals surface area contributed by atoms with Crippen LogP contribution in [0.4, 0.5) is 10.7 Å². The lowest BCUT2D eigenvalue weighted by atomic mass is 10.1. The number of aromatic nitrogens is 3. The summed E-state index contributed by atoms with van der Waals surface area (Å²) in [5.41, 5.74) is 2.42. The summed E-state index contributed by atoms with van der Waals surface area (Å²) in [4.78, 5) is 39.5. The van der Waals surface area contributed by atoms with Crippen LogP contribution in [0.3, 0.4) is 0 Å². The number of amides is 2. The zero-order valence-corrected chi connectivity index (χ0v) is 19.5. The van der Waals surface area contributed by atoms with Gasteiger partial charge in [-0.3, -0.25) is 14.9 Å². The topological polar surface area (TPSA) is 109 Å². The van der Waals surface area contributed by atoms with Crippen molar-refractivity contribution in [1.82, 2.24) is 25.6 Å². The highest BCUT2D eigenvalue weighted by atomic mass is 32.2. The third-order valence-corrected chi connectivity index (χ3v) is 6.63. The Labute approximate surface area is 201 Å². The lowest BCUT2D eigenvalue weighted by molar-refractivity contribution is -0.115. The highest BCUT2D eigenvalue weighted by molar-refractivity contribution is 8.18. The highest BCUT2D eigenvalue weighted by Gasteiger charge is 2.26. The van der Waals surface area contributed by atoms with Gasteiger partial charge in [-0.2, -0.15) is 0 Å². The standard InChI is InChI=1S/C24H24N6O3S/c1-33-19-6-2-4-15-7-8-17(27-21(15)19)13-26-18-5-3-11-30(14-18)23-25-10-9-16(28-23)12-20-22(31)29-24(32)34-20/h2,4,6-10,12,18,26H,3,5,11,13-14H2,1H3,(H,29,31,32)/b20-12-/t18-/m0/s1. The third kappa shape index (κ3) is 4.87. The molecule has 0 saturated carbocycles. The van der Waals surface area contributed by atoms with Gasteiger partial charge in [0, 0.05) is 37.3 Å². The molecule has 0 unspecified atom stereocenters. The lowest BCUT2D eigenvalue weighted by Crippen LogP contribution is -2.46. The number of rotatable bonds is 6. The first kappa shape index (κ1) is 22.3. The molecule has 5 rings (SSSR count). The van der Waals surface area contributed by atoms with Crippen LogP contribution in [0.1, 0.15) is 24.2 Å². The Balaban J connectivity index is 1.25. The number of nitrogens with one attached hydrogen (secondary N) is 2. The van der Waals surface area contributed by atoms with Crippen LogP contribution in [0, 0.1) is 0 Å². The average molecular weight is 477 g/mol. The minimum absolute atomic E-state index is 0.267. The molecule has 2 saturated heterocycles. The van der Waals surface area contributed by atoms with Crippen molar-refractivity contribution in [3.05, 3.63) is 58.9 Å². The number of para-hydroxylation sites is 1. The maximum atomic E-state index is 11.8. The zero-order chi connectivity index (χ0) is 23.5. The fourth-order valence-electron chi connectivity index (χ4n) is 4.15. The first-order valence-electron chi connectivity index (χ1n) is 11.1. The van der Waals surface area contributed by atoms with Crippen LogP contribution in [-0.2, 0) is 11.3 Å². The Morgan fingerprint density at radius 1 is 1.24 bits per heavy atom. The first-order valence-corrected chi connectivity index (χ1v) is 11.9. The van der Waals surface area contributed by atoms with E-state index in [0.29, 0.717) is 23.1 Å². The Bertz CT molecular complexity index is 1280. The first-order chi connectivity index (χ1) is 16.6. The summed E-state index contributed by atoms with van der Waals surface area (Å²) >= 11 is 0.881. The second kappa shape index (κ2) is 9.78. The number of carbonyl (C=O) groups excluding carboxylic acids is 2. The average Bonchev–Trinajstić information content (AvgIpc) is 3.18. The van der Waals surface area contributed by atoms with E-state index in [1.165, 1.54) is 0 Å². The summed E-state index contributed by atoms with van der Waals surface area (Å²) in [6.45, 7) is 2.28. The molecular weight excluding hydrogens is 452 g/mol. The molecule has 2 amide bonds. The van der Waals surface area contributed by atoms with Crippen LogP contribution in [0.15, 0.2) is 47.5 Å². The molecule has 1 aromatic carbocycles. The predicted octanol–water partition coefficient (Wildman–Crippen LogP) is 3.12. The number of fused-ring (bicyclic) bond motifs is 1. The number of imide groups is 1. The van der Waals surface area contributed by atoms with Gasteiger partial charge in [0.05, 0.1) is 23.4 Å². The van der Waals surface area contributed by atoms with Gasteiger partial charge in [-0.1, -0.05) is 18.2 Å². The molecule has 4 heterocycles. The summed E-state index contributed by atoms with van der Waals surface area (Å²) < 4.78 is 5.45. The van der Waals surface area contributed by atoms with Crippen LogP contribution in [0.2, 0.25) is 0 Å². The number of benzene rings is 1. The van der Waals surface area contributed by atoms with Crippen molar-refractivity contribution in [2.45, 2.75) is 25.4 Å². The Morgan fingerprint density at radius 3 is 2.97 bits per heavy atom. The van der Waals surface area contributed by atoms with Gasteiger partial charge in [0.25, 0.3) is 11.1 Å². The van der Waals surface area contributed by atoms with Crippen molar-refractivity contribution in [3.63, 3.8) is 0 Å². The molecule has 2 aliphatic rings. The third-order valence-electron chi connectivity index (χ3n) is 5.82. The van der Waals surface area contributed by atoms with Crippen LogP contribution in [-0.4, -0.2) is 52.3 Å². The van der Waals surface area contributed by atoms with Gasteiger partial charge in [0.1, 0.15) is 11.3 Å². The van der Waals surface area contributed by atoms with Gasteiger partial charge in [0.15, 0.2) is 0 Å². The molecule has 174 valence electrons. The van der Waals surface area contributed by atoms with Gasteiger partial charge in [-0.05, 0) is 48.9 Å². The molecule has 9 nitrogen and oxygen atoms in total.